The van der Waals surface area contributed by atoms with Gasteiger partial charge in [-0.15, -0.1) is 0 Å². The molecule has 4 aromatic rings. The van der Waals surface area contributed by atoms with E-state index in [-0.39, 0.29) is 12.1 Å². The molecule has 2 aromatic heterocycles. The zero-order chi connectivity index (χ0) is 23.6. The average Bonchev–Trinajstić information content (AvgIpc) is 3.32. The summed E-state index contributed by atoms with van der Waals surface area (Å²) in [6, 6.07) is 11.5. The van der Waals surface area contributed by atoms with E-state index in [9.17, 15) is 5.11 Å². The van der Waals surface area contributed by atoms with Gasteiger partial charge in [-0.3, -0.25) is 9.67 Å². The van der Waals surface area contributed by atoms with Crippen LogP contribution in [0.4, 0.5) is 11.4 Å². The van der Waals surface area contributed by atoms with Gasteiger partial charge in [0.2, 0.25) is 0 Å². The fourth-order valence-corrected chi connectivity index (χ4v) is 3.58. The van der Waals surface area contributed by atoms with Crippen LogP contribution in [0.1, 0.15) is 20.8 Å². The smallest absolute Gasteiger partial charge is 0.124 e. The Balaban J connectivity index is 1.76. The van der Waals surface area contributed by atoms with Crippen molar-refractivity contribution in [1.29, 1.82) is 0 Å². The number of ether oxygens (including phenoxy) is 2. The van der Waals surface area contributed by atoms with Gasteiger partial charge < -0.3 is 19.5 Å². The molecule has 0 spiro atoms. The predicted octanol–water partition coefficient (Wildman–Crippen LogP) is 4.40. The van der Waals surface area contributed by atoms with Crippen molar-refractivity contribution in [3.05, 3.63) is 55.0 Å². The Labute approximate surface area is 193 Å². The average molecular weight is 448 g/mol. The fourth-order valence-electron chi connectivity index (χ4n) is 3.58. The summed E-state index contributed by atoms with van der Waals surface area (Å²) < 4.78 is 12.8. The highest BCUT2D eigenvalue weighted by molar-refractivity contribution is 5.82. The number of aromatic nitrogens is 4. The first-order valence-corrected chi connectivity index (χ1v) is 10.8. The Kier molecular flexibility index (Phi) is 6.20. The van der Waals surface area contributed by atoms with Gasteiger partial charge in [0.15, 0.2) is 0 Å². The van der Waals surface area contributed by atoms with Crippen LogP contribution < -0.4 is 14.4 Å². The molecule has 0 aliphatic rings. The molecule has 0 saturated heterocycles. The number of methoxy groups -OCH3 is 2. The highest BCUT2D eigenvalue weighted by atomic mass is 16.5. The highest BCUT2D eigenvalue weighted by Gasteiger charge is 2.16. The largest absolute Gasteiger partial charge is 0.497 e. The fraction of sp³-hybridized carbons (Fsp3) is 0.320. The molecular weight excluding hydrogens is 418 g/mol. The minimum atomic E-state index is -0.113. The molecule has 0 saturated carbocycles. The molecule has 2 heterocycles. The van der Waals surface area contributed by atoms with Crippen molar-refractivity contribution < 1.29 is 14.6 Å². The second kappa shape index (κ2) is 9.07. The number of hydrogen-bond donors (Lipinski definition) is 1. The Bertz CT molecular complexity index is 1240. The van der Waals surface area contributed by atoms with E-state index in [2.05, 4.69) is 30.9 Å². The molecule has 4 rings (SSSR count). The lowest BCUT2D eigenvalue weighted by Crippen LogP contribution is -2.21. The monoisotopic (exact) mass is 447 g/mol. The van der Waals surface area contributed by atoms with Crippen LogP contribution >= 0.6 is 0 Å². The molecule has 0 fully saturated rings. The first-order chi connectivity index (χ1) is 15.8. The summed E-state index contributed by atoms with van der Waals surface area (Å²) in [6.07, 6.45) is 5.57. The number of aliphatic hydroxyl groups excluding tert-OH is 1. The molecule has 0 unspecified atom stereocenters. The summed E-state index contributed by atoms with van der Waals surface area (Å²) in [4.78, 5) is 11.4. The zero-order valence-corrected chi connectivity index (χ0v) is 19.6. The van der Waals surface area contributed by atoms with Gasteiger partial charge in [-0.05, 0) is 39.0 Å². The normalized spacial score (nSPS) is 11.6. The quantitative estimate of drug-likeness (QED) is 0.449. The van der Waals surface area contributed by atoms with Gasteiger partial charge in [0.1, 0.15) is 11.5 Å². The number of nitrogens with zero attached hydrogens (tertiary/aromatic N) is 5. The SMILES string of the molecule is COc1cc(OC)cc(N(CCO)c2ccc3ncc(-c4cnn(C(C)(C)C)c4)nc3c2)c1. The number of aliphatic hydroxyl groups is 1. The van der Waals surface area contributed by atoms with Crippen LogP contribution in [0.3, 0.4) is 0 Å². The van der Waals surface area contributed by atoms with E-state index in [0.717, 1.165) is 33.7 Å². The minimum absolute atomic E-state index is 0.0186. The maximum atomic E-state index is 9.74. The third-order valence-electron chi connectivity index (χ3n) is 5.37. The number of hydrogen-bond acceptors (Lipinski definition) is 7. The van der Waals surface area contributed by atoms with Crippen molar-refractivity contribution >= 4 is 22.4 Å². The van der Waals surface area contributed by atoms with Crippen molar-refractivity contribution in [3.8, 4) is 22.8 Å². The van der Waals surface area contributed by atoms with Gasteiger partial charge in [-0.2, -0.15) is 5.10 Å². The van der Waals surface area contributed by atoms with Crippen LogP contribution in [0, 0.1) is 0 Å². The molecule has 2 aromatic carbocycles. The van der Waals surface area contributed by atoms with Gasteiger partial charge >= 0.3 is 0 Å². The molecule has 0 amide bonds. The van der Waals surface area contributed by atoms with Crippen LogP contribution in [0.2, 0.25) is 0 Å². The lowest BCUT2D eigenvalue weighted by atomic mass is 10.1. The van der Waals surface area contributed by atoms with Gasteiger partial charge in [0.25, 0.3) is 0 Å². The van der Waals surface area contributed by atoms with Crippen molar-refractivity contribution in [1.82, 2.24) is 19.7 Å². The van der Waals surface area contributed by atoms with E-state index < -0.39 is 0 Å². The maximum absolute atomic E-state index is 9.74. The summed E-state index contributed by atoms with van der Waals surface area (Å²) in [5.41, 5.74) is 4.82. The van der Waals surface area contributed by atoms with Gasteiger partial charge in [0.05, 0.1) is 55.5 Å². The third-order valence-corrected chi connectivity index (χ3v) is 5.37. The molecule has 0 radical (unpaired) electrons. The lowest BCUT2D eigenvalue weighted by molar-refractivity contribution is 0.305. The molecule has 172 valence electrons. The maximum Gasteiger partial charge on any atom is 0.124 e. The molecule has 0 aliphatic heterocycles. The summed E-state index contributed by atoms with van der Waals surface area (Å²) >= 11 is 0. The lowest BCUT2D eigenvalue weighted by Gasteiger charge is -2.25. The van der Waals surface area contributed by atoms with E-state index in [1.807, 2.05) is 58.4 Å². The molecule has 0 bridgehead atoms. The first kappa shape index (κ1) is 22.5. The van der Waals surface area contributed by atoms with Crippen molar-refractivity contribution in [2.45, 2.75) is 26.3 Å². The third kappa shape index (κ3) is 4.75. The number of anilines is 2. The summed E-state index contributed by atoms with van der Waals surface area (Å²) in [6.45, 7) is 6.69. The number of rotatable bonds is 7. The van der Waals surface area contributed by atoms with E-state index in [0.29, 0.717) is 18.0 Å². The molecule has 0 aliphatic carbocycles. The molecule has 1 N–H and O–H groups in total. The van der Waals surface area contributed by atoms with E-state index in [1.54, 1.807) is 20.4 Å². The number of benzene rings is 2. The molecular formula is C25H29N5O3. The van der Waals surface area contributed by atoms with Crippen LogP contribution in [0.15, 0.2) is 55.0 Å². The summed E-state index contributed by atoms with van der Waals surface area (Å²) in [5, 5.41) is 14.2. The second-order valence-corrected chi connectivity index (χ2v) is 8.72. The van der Waals surface area contributed by atoms with Gasteiger partial charge in [-0.1, -0.05) is 0 Å². The Hall–Kier alpha value is -3.65. The van der Waals surface area contributed by atoms with Gasteiger partial charge in [0, 0.05) is 47.9 Å². The predicted molar refractivity (Wildman–Crippen MR) is 129 cm³/mol. The topological polar surface area (TPSA) is 85.5 Å². The number of fused-ring (bicyclic) bond motifs is 1. The Morgan fingerprint density at radius 1 is 0.939 bits per heavy atom. The first-order valence-electron chi connectivity index (χ1n) is 10.8. The van der Waals surface area contributed by atoms with Gasteiger partial charge in [-0.25, -0.2) is 4.98 Å². The minimum Gasteiger partial charge on any atom is -0.497 e. The van der Waals surface area contributed by atoms with E-state index >= 15 is 0 Å². The van der Waals surface area contributed by atoms with Crippen LogP contribution in [-0.2, 0) is 5.54 Å². The van der Waals surface area contributed by atoms with Crippen molar-refractivity contribution in [3.63, 3.8) is 0 Å². The van der Waals surface area contributed by atoms with E-state index in [1.165, 1.54) is 0 Å². The second-order valence-electron chi connectivity index (χ2n) is 8.72. The van der Waals surface area contributed by atoms with Crippen molar-refractivity contribution in [2.24, 2.45) is 0 Å². The highest BCUT2D eigenvalue weighted by Crippen LogP contribution is 2.34. The summed E-state index contributed by atoms with van der Waals surface area (Å²) in [7, 11) is 3.23. The Morgan fingerprint density at radius 3 is 2.27 bits per heavy atom. The van der Waals surface area contributed by atoms with Crippen LogP contribution in [-0.4, -0.2) is 52.2 Å². The van der Waals surface area contributed by atoms with Crippen molar-refractivity contribution in [2.75, 3.05) is 32.3 Å². The zero-order valence-electron chi connectivity index (χ0n) is 19.6. The Morgan fingerprint density at radius 2 is 1.67 bits per heavy atom. The van der Waals surface area contributed by atoms with Crippen LogP contribution in [0.5, 0.6) is 11.5 Å². The molecule has 8 heteroatoms. The molecule has 33 heavy (non-hydrogen) atoms. The molecule has 8 nitrogen and oxygen atoms in total. The van der Waals surface area contributed by atoms with Crippen LogP contribution in [0.25, 0.3) is 22.3 Å². The standard InChI is InChI=1S/C25H29N5O3/c1-25(2,3)30-16-17(14-27-30)24-15-26-22-7-6-18(12-23(22)28-24)29(8-9-31)19-10-20(32-4)13-21(11-19)33-5/h6-7,10-16,31H,8-9H2,1-5H3. The molecule has 0 atom stereocenters. The van der Waals surface area contributed by atoms with E-state index in [4.69, 9.17) is 14.5 Å². The summed E-state index contributed by atoms with van der Waals surface area (Å²) in [5.74, 6) is 1.34.